The highest BCUT2D eigenvalue weighted by atomic mass is 16.1. The molecule has 0 aliphatic heterocycles. The monoisotopic (exact) mass is 356 g/mol. The molecule has 138 valence electrons. The summed E-state index contributed by atoms with van der Waals surface area (Å²) < 4.78 is 0. The lowest BCUT2D eigenvalue weighted by Crippen LogP contribution is -2.37. The summed E-state index contributed by atoms with van der Waals surface area (Å²) >= 11 is 0. The Hall–Kier alpha value is -3.16. The van der Waals surface area contributed by atoms with E-state index in [2.05, 4.69) is 20.6 Å². The second kappa shape index (κ2) is 8.28. The Morgan fingerprint density at radius 1 is 1.15 bits per heavy atom. The van der Waals surface area contributed by atoms with Crippen LogP contribution in [-0.4, -0.2) is 27.8 Å². The maximum atomic E-state index is 11.6. The van der Waals surface area contributed by atoms with Crippen molar-refractivity contribution >= 4 is 29.1 Å². The first-order chi connectivity index (χ1) is 12.3. The number of anilines is 3. The van der Waals surface area contributed by atoms with Crippen LogP contribution < -0.4 is 22.1 Å². The van der Waals surface area contributed by atoms with Crippen LogP contribution in [0.5, 0.6) is 0 Å². The van der Waals surface area contributed by atoms with Gasteiger partial charge in [-0.2, -0.15) is 0 Å². The molecule has 2 rings (SSSR count). The molecule has 1 atom stereocenters. The molecule has 0 radical (unpaired) electrons. The molecule has 0 aliphatic carbocycles. The summed E-state index contributed by atoms with van der Waals surface area (Å²) in [6.45, 7) is 5.95. The second-order valence-corrected chi connectivity index (χ2v) is 6.54. The third-order valence-corrected chi connectivity index (χ3v) is 3.69. The summed E-state index contributed by atoms with van der Waals surface area (Å²) in [5, 5.41) is 6.01. The average molecular weight is 356 g/mol. The average Bonchev–Trinajstić information content (AvgIpc) is 2.56. The van der Waals surface area contributed by atoms with E-state index in [1.54, 1.807) is 0 Å². The number of nitrogens with two attached hydrogens (primary N) is 2. The number of hydrogen-bond acceptors (Lipinski definition) is 6. The molecule has 0 aliphatic rings. The van der Waals surface area contributed by atoms with Gasteiger partial charge in [-0.1, -0.05) is 31.5 Å². The van der Waals surface area contributed by atoms with Crippen molar-refractivity contribution in [2.45, 2.75) is 33.2 Å². The second-order valence-electron chi connectivity index (χ2n) is 6.54. The molecule has 0 spiro atoms. The summed E-state index contributed by atoms with van der Waals surface area (Å²) in [7, 11) is 0. The van der Waals surface area contributed by atoms with E-state index in [4.69, 9.17) is 11.5 Å². The van der Waals surface area contributed by atoms with Crippen LogP contribution in [0.25, 0.3) is 0 Å². The Bertz CT molecular complexity index is 789. The van der Waals surface area contributed by atoms with Crippen LogP contribution in [0.15, 0.2) is 30.5 Å². The topological polar surface area (TPSA) is 136 Å². The number of hydrogen-bond donors (Lipinski definition) is 4. The van der Waals surface area contributed by atoms with Crippen LogP contribution in [0.1, 0.15) is 36.3 Å². The standard InChI is InChI=1S/C18H24N6O2/c1-10(2)8-13(16(19)25)23-14-9-21-15(17(20)26)18(24-14)22-12-6-4-11(3)5-7-12/h4-7,9-10,13H,8H2,1-3H3,(H2,19,25)(H2,20,26)(H2,22,23,24). The normalized spacial score (nSPS) is 11.8. The van der Waals surface area contributed by atoms with Crippen molar-refractivity contribution in [3.8, 4) is 0 Å². The van der Waals surface area contributed by atoms with Crippen LogP contribution in [0.3, 0.4) is 0 Å². The van der Waals surface area contributed by atoms with E-state index in [1.165, 1.54) is 6.20 Å². The number of aromatic nitrogens is 2. The molecule has 1 aromatic carbocycles. The number of carbonyl (C=O) groups excluding carboxylic acids is 2. The van der Waals surface area contributed by atoms with E-state index in [0.717, 1.165) is 11.3 Å². The molecule has 1 heterocycles. The quantitative estimate of drug-likeness (QED) is 0.570. The zero-order chi connectivity index (χ0) is 19.3. The lowest BCUT2D eigenvalue weighted by molar-refractivity contribution is -0.119. The molecule has 26 heavy (non-hydrogen) atoms. The van der Waals surface area contributed by atoms with Gasteiger partial charge in [-0.3, -0.25) is 9.59 Å². The van der Waals surface area contributed by atoms with Crippen molar-refractivity contribution in [2.24, 2.45) is 17.4 Å². The molecular formula is C18H24N6O2. The van der Waals surface area contributed by atoms with Crippen molar-refractivity contribution in [3.05, 3.63) is 41.7 Å². The predicted molar refractivity (Wildman–Crippen MR) is 101 cm³/mol. The number of nitrogens with one attached hydrogen (secondary N) is 2. The first-order valence-corrected chi connectivity index (χ1v) is 8.32. The van der Waals surface area contributed by atoms with Crippen LogP contribution in [0.4, 0.5) is 17.3 Å². The largest absolute Gasteiger partial charge is 0.368 e. The maximum absolute atomic E-state index is 11.6. The molecule has 0 saturated carbocycles. The van der Waals surface area contributed by atoms with Crippen LogP contribution in [0, 0.1) is 12.8 Å². The number of carbonyl (C=O) groups is 2. The number of primary amides is 2. The summed E-state index contributed by atoms with van der Waals surface area (Å²) in [5.41, 5.74) is 12.7. The molecule has 1 unspecified atom stereocenters. The van der Waals surface area contributed by atoms with E-state index >= 15 is 0 Å². The van der Waals surface area contributed by atoms with Gasteiger partial charge in [-0.15, -0.1) is 0 Å². The fourth-order valence-corrected chi connectivity index (χ4v) is 2.40. The molecule has 6 N–H and O–H groups in total. The van der Waals surface area contributed by atoms with Gasteiger partial charge in [0.25, 0.3) is 5.91 Å². The Labute approximate surface area is 152 Å². The van der Waals surface area contributed by atoms with Crippen molar-refractivity contribution in [1.82, 2.24) is 9.97 Å². The van der Waals surface area contributed by atoms with Gasteiger partial charge in [0.05, 0.1) is 6.20 Å². The summed E-state index contributed by atoms with van der Waals surface area (Å²) in [5.74, 6) is -0.379. The Morgan fingerprint density at radius 2 is 1.81 bits per heavy atom. The first kappa shape index (κ1) is 19.2. The third-order valence-electron chi connectivity index (χ3n) is 3.69. The van der Waals surface area contributed by atoms with Crippen molar-refractivity contribution in [1.29, 1.82) is 0 Å². The highest BCUT2D eigenvalue weighted by Gasteiger charge is 2.19. The molecule has 0 bridgehead atoms. The number of rotatable bonds is 8. The lowest BCUT2D eigenvalue weighted by atomic mass is 10.0. The molecule has 0 saturated heterocycles. The van der Waals surface area contributed by atoms with Crippen LogP contribution in [-0.2, 0) is 4.79 Å². The molecule has 1 aromatic heterocycles. The fraction of sp³-hybridized carbons (Fsp3) is 0.333. The zero-order valence-electron chi connectivity index (χ0n) is 15.1. The van der Waals surface area contributed by atoms with E-state index in [1.807, 2.05) is 45.0 Å². The third kappa shape index (κ3) is 5.17. The van der Waals surface area contributed by atoms with Crippen molar-refractivity contribution < 1.29 is 9.59 Å². The number of benzene rings is 1. The highest BCUT2D eigenvalue weighted by Crippen LogP contribution is 2.20. The van der Waals surface area contributed by atoms with Gasteiger partial charge in [-0.05, 0) is 31.4 Å². The Morgan fingerprint density at radius 3 is 2.35 bits per heavy atom. The van der Waals surface area contributed by atoms with Crippen LogP contribution in [0.2, 0.25) is 0 Å². The minimum atomic E-state index is -0.702. The van der Waals surface area contributed by atoms with Gasteiger partial charge in [0.2, 0.25) is 5.91 Å². The number of amides is 2. The molecule has 0 fully saturated rings. The first-order valence-electron chi connectivity index (χ1n) is 8.32. The van der Waals surface area contributed by atoms with Crippen LogP contribution >= 0.6 is 0 Å². The lowest BCUT2D eigenvalue weighted by Gasteiger charge is -2.18. The van der Waals surface area contributed by atoms with E-state index < -0.39 is 17.9 Å². The number of aryl methyl sites for hydroxylation is 1. The number of nitrogens with zero attached hydrogens (tertiary/aromatic N) is 2. The minimum absolute atomic E-state index is 0.00982. The zero-order valence-corrected chi connectivity index (χ0v) is 15.1. The Kier molecular flexibility index (Phi) is 6.11. The maximum Gasteiger partial charge on any atom is 0.271 e. The summed E-state index contributed by atoms with van der Waals surface area (Å²) in [6, 6.07) is 6.97. The summed E-state index contributed by atoms with van der Waals surface area (Å²) in [4.78, 5) is 31.7. The van der Waals surface area contributed by atoms with E-state index in [9.17, 15) is 9.59 Å². The molecule has 8 nitrogen and oxygen atoms in total. The Balaban J connectivity index is 2.30. The summed E-state index contributed by atoms with van der Waals surface area (Å²) in [6.07, 6.45) is 1.91. The van der Waals surface area contributed by atoms with E-state index in [0.29, 0.717) is 12.2 Å². The molecular weight excluding hydrogens is 332 g/mol. The van der Waals surface area contributed by atoms with Gasteiger partial charge in [0.15, 0.2) is 11.5 Å². The van der Waals surface area contributed by atoms with Crippen molar-refractivity contribution in [2.75, 3.05) is 10.6 Å². The molecule has 2 amide bonds. The fourth-order valence-electron chi connectivity index (χ4n) is 2.40. The van der Waals surface area contributed by atoms with Gasteiger partial charge < -0.3 is 22.1 Å². The van der Waals surface area contributed by atoms with Gasteiger partial charge >= 0.3 is 0 Å². The molecule has 2 aromatic rings. The van der Waals surface area contributed by atoms with Gasteiger partial charge in [0.1, 0.15) is 11.9 Å². The smallest absolute Gasteiger partial charge is 0.271 e. The molecule has 8 heteroatoms. The van der Waals surface area contributed by atoms with Gasteiger partial charge in [0, 0.05) is 5.69 Å². The highest BCUT2D eigenvalue weighted by molar-refractivity contribution is 5.96. The van der Waals surface area contributed by atoms with E-state index in [-0.39, 0.29) is 17.4 Å². The predicted octanol–water partition coefficient (Wildman–Crippen LogP) is 1.94. The van der Waals surface area contributed by atoms with Gasteiger partial charge in [-0.25, -0.2) is 9.97 Å². The van der Waals surface area contributed by atoms with Crippen molar-refractivity contribution in [3.63, 3.8) is 0 Å². The minimum Gasteiger partial charge on any atom is -0.368 e. The SMILES string of the molecule is Cc1ccc(Nc2nc(NC(CC(C)C)C(N)=O)cnc2C(N)=O)cc1.